The van der Waals surface area contributed by atoms with E-state index in [-0.39, 0.29) is 18.0 Å². The quantitative estimate of drug-likeness (QED) is 0.471. The Morgan fingerprint density at radius 2 is 1.97 bits per heavy atom. The molecule has 9 heteroatoms. The number of rotatable bonds is 6. The maximum atomic E-state index is 12.4. The number of aromatic carboxylic acids is 1. The first-order valence-electron chi connectivity index (χ1n) is 8.71. The summed E-state index contributed by atoms with van der Waals surface area (Å²) in [4.78, 5) is 32.3. The summed E-state index contributed by atoms with van der Waals surface area (Å²) < 4.78 is 1.89. The maximum Gasteiger partial charge on any atom is 0.355 e. The number of carbonyl (C=O) groups is 2. The van der Waals surface area contributed by atoms with Crippen molar-refractivity contribution in [3.63, 3.8) is 0 Å². The van der Waals surface area contributed by atoms with Crippen molar-refractivity contribution in [2.24, 2.45) is 0 Å². The van der Waals surface area contributed by atoms with E-state index in [4.69, 9.17) is 16.7 Å². The van der Waals surface area contributed by atoms with Crippen molar-refractivity contribution < 1.29 is 14.7 Å². The van der Waals surface area contributed by atoms with E-state index in [0.29, 0.717) is 28.1 Å². The van der Waals surface area contributed by atoms with Crippen molar-refractivity contribution in [1.29, 1.82) is 0 Å². The lowest BCUT2D eigenvalue weighted by molar-refractivity contribution is -0.116. The summed E-state index contributed by atoms with van der Waals surface area (Å²) in [7, 11) is 0. The van der Waals surface area contributed by atoms with Crippen molar-refractivity contribution in [3.8, 4) is 10.8 Å². The highest BCUT2D eigenvalue weighted by atomic mass is 35.5. The minimum atomic E-state index is -1.09. The molecule has 2 N–H and O–H groups in total. The third kappa shape index (κ3) is 4.13. The first-order chi connectivity index (χ1) is 14.0. The molecule has 0 fully saturated rings. The van der Waals surface area contributed by atoms with E-state index in [1.807, 2.05) is 28.8 Å². The number of imidazole rings is 1. The number of thiazole rings is 1. The van der Waals surface area contributed by atoms with Gasteiger partial charge in [0.2, 0.25) is 5.91 Å². The smallest absolute Gasteiger partial charge is 0.355 e. The normalized spacial score (nSPS) is 10.9. The van der Waals surface area contributed by atoms with Gasteiger partial charge < -0.3 is 15.0 Å². The van der Waals surface area contributed by atoms with Crippen LogP contribution in [0.2, 0.25) is 5.02 Å². The van der Waals surface area contributed by atoms with Gasteiger partial charge in [-0.3, -0.25) is 4.79 Å². The molecule has 2 heterocycles. The largest absolute Gasteiger partial charge is 0.476 e. The highest BCUT2D eigenvalue weighted by Crippen LogP contribution is 2.28. The zero-order valence-corrected chi connectivity index (χ0v) is 16.6. The Labute approximate surface area is 174 Å². The van der Waals surface area contributed by atoms with E-state index in [0.717, 1.165) is 11.0 Å². The average Bonchev–Trinajstić information content (AvgIpc) is 3.31. The van der Waals surface area contributed by atoms with Gasteiger partial charge in [-0.2, -0.15) is 0 Å². The number of hydrogen-bond donors (Lipinski definition) is 2. The maximum absolute atomic E-state index is 12.4. The van der Waals surface area contributed by atoms with Gasteiger partial charge >= 0.3 is 5.97 Å². The number of aromatic nitrogens is 3. The lowest BCUT2D eigenvalue weighted by Crippen LogP contribution is -2.15. The zero-order chi connectivity index (χ0) is 20.4. The van der Waals surface area contributed by atoms with Gasteiger partial charge in [-0.1, -0.05) is 29.8 Å². The van der Waals surface area contributed by atoms with Gasteiger partial charge in [0.1, 0.15) is 0 Å². The molecule has 29 heavy (non-hydrogen) atoms. The van der Waals surface area contributed by atoms with Gasteiger partial charge in [-0.05, 0) is 30.3 Å². The Morgan fingerprint density at radius 3 is 2.72 bits per heavy atom. The van der Waals surface area contributed by atoms with Crippen LogP contribution in [0.5, 0.6) is 0 Å². The summed E-state index contributed by atoms with van der Waals surface area (Å²) in [5, 5.41) is 14.5. The fourth-order valence-corrected chi connectivity index (χ4v) is 3.92. The van der Waals surface area contributed by atoms with Gasteiger partial charge in [-0.15, -0.1) is 11.3 Å². The number of anilines is 1. The Hall–Kier alpha value is -3.23. The van der Waals surface area contributed by atoms with Crippen LogP contribution in [0.3, 0.4) is 0 Å². The number of para-hydroxylation sites is 2. The van der Waals surface area contributed by atoms with Crippen LogP contribution in [0.4, 0.5) is 5.69 Å². The molecule has 1 amide bonds. The Morgan fingerprint density at radius 1 is 1.14 bits per heavy atom. The first-order valence-corrected chi connectivity index (χ1v) is 9.97. The van der Waals surface area contributed by atoms with Gasteiger partial charge in [0.25, 0.3) is 0 Å². The number of fused-ring (bicyclic) bond motifs is 1. The summed E-state index contributed by atoms with van der Waals surface area (Å²) in [5.74, 6) is -0.711. The fraction of sp³-hybridized carbons (Fsp3) is 0.100. The molecule has 7 nitrogen and oxygen atoms in total. The van der Waals surface area contributed by atoms with Crippen LogP contribution in [0, 0.1) is 0 Å². The molecule has 4 rings (SSSR count). The molecule has 2 aromatic carbocycles. The van der Waals surface area contributed by atoms with E-state index >= 15 is 0 Å². The van der Waals surface area contributed by atoms with Gasteiger partial charge in [0, 0.05) is 29.1 Å². The molecule has 0 aliphatic carbocycles. The predicted molar refractivity (Wildman–Crippen MR) is 112 cm³/mol. The van der Waals surface area contributed by atoms with Crippen molar-refractivity contribution in [3.05, 3.63) is 64.6 Å². The molecular formula is C20H15ClN4O3S. The number of carbonyl (C=O) groups excluding carboxylic acids is 1. The Bertz CT molecular complexity index is 1220. The lowest BCUT2D eigenvalue weighted by atomic mass is 10.3. The number of benzene rings is 2. The second kappa shape index (κ2) is 8.02. The Kier molecular flexibility index (Phi) is 5.28. The molecule has 0 unspecified atom stereocenters. The van der Waals surface area contributed by atoms with Crippen LogP contribution in [-0.4, -0.2) is 31.5 Å². The molecule has 2 aromatic heterocycles. The van der Waals surface area contributed by atoms with Crippen molar-refractivity contribution in [2.45, 2.75) is 13.0 Å². The molecule has 0 saturated carbocycles. The topological polar surface area (TPSA) is 97.1 Å². The van der Waals surface area contributed by atoms with E-state index in [2.05, 4.69) is 15.3 Å². The van der Waals surface area contributed by atoms with Crippen molar-refractivity contribution in [2.75, 3.05) is 5.32 Å². The molecule has 0 atom stereocenters. The first kappa shape index (κ1) is 19.1. The zero-order valence-electron chi connectivity index (χ0n) is 15.0. The van der Waals surface area contributed by atoms with Crippen molar-refractivity contribution in [1.82, 2.24) is 14.5 Å². The minimum absolute atomic E-state index is 0.0256. The van der Waals surface area contributed by atoms with E-state index in [1.54, 1.807) is 24.3 Å². The summed E-state index contributed by atoms with van der Waals surface area (Å²) in [6.07, 6.45) is 0.205. The van der Waals surface area contributed by atoms with E-state index in [9.17, 15) is 9.59 Å². The molecule has 0 radical (unpaired) electrons. The molecule has 0 spiro atoms. The van der Waals surface area contributed by atoms with Gasteiger partial charge in [0.15, 0.2) is 16.5 Å². The standard InChI is InChI=1S/C20H15ClN4O3S/c21-12-4-3-5-13(10-12)22-17(26)8-9-25-16-7-2-1-6-14(16)23-18(25)19-24-15(11-29-19)20(27)28/h1-7,10-11H,8-9H2,(H,22,26)(H,27,28). The number of amides is 1. The summed E-state index contributed by atoms with van der Waals surface area (Å²) >= 11 is 7.16. The predicted octanol–water partition coefficient (Wildman–Crippen LogP) is 4.54. The minimum Gasteiger partial charge on any atom is -0.476 e. The molecule has 146 valence electrons. The fourth-order valence-electron chi connectivity index (χ4n) is 2.94. The average molecular weight is 427 g/mol. The van der Waals surface area contributed by atoms with Crippen LogP contribution in [0.15, 0.2) is 53.9 Å². The number of halogens is 1. The SMILES string of the molecule is O=C(CCn1c(-c2nc(C(=O)O)cs2)nc2ccccc21)Nc1cccc(Cl)c1. The number of nitrogens with zero attached hydrogens (tertiary/aromatic N) is 3. The molecule has 0 aliphatic rings. The second-order valence-corrected chi connectivity index (χ2v) is 7.52. The highest BCUT2D eigenvalue weighted by Gasteiger charge is 2.18. The molecule has 0 bridgehead atoms. The monoisotopic (exact) mass is 426 g/mol. The van der Waals surface area contributed by atoms with Gasteiger partial charge in [0.05, 0.1) is 11.0 Å². The summed E-state index contributed by atoms with van der Waals surface area (Å²) in [5.41, 5.74) is 2.21. The van der Waals surface area contributed by atoms with Gasteiger partial charge in [-0.25, -0.2) is 14.8 Å². The second-order valence-electron chi connectivity index (χ2n) is 6.23. The van der Waals surface area contributed by atoms with Crippen molar-refractivity contribution >= 4 is 51.5 Å². The number of carboxylic acid groups (broad SMARTS) is 1. The summed E-state index contributed by atoms with van der Waals surface area (Å²) in [6.45, 7) is 0.365. The molecular weight excluding hydrogens is 412 g/mol. The number of carboxylic acids is 1. The van der Waals surface area contributed by atoms with Crippen LogP contribution >= 0.6 is 22.9 Å². The van der Waals surface area contributed by atoms with E-state index in [1.165, 1.54) is 16.7 Å². The molecule has 4 aromatic rings. The van der Waals surface area contributed by atoms with Crippen LogP contribution in [-0.2, 0) is 11.3 Å². The number of nitrogens with one attached hydrogen (secondary N) is 1. The molecule has 0 saturated heterocycles. The number of hydrogen-bond acceptors (Lipinski definition) is 5. The van der Waals surface area contributed by atoms with E-state index < -0.39 is 5.97 Å². The third-order valence-electron chi connectivity index (χ3n) is 4.24. The van der Waals surface area contributed by atoms with Crippen LogP contribution in [0.1, 0.15) is 16.9 Å². The highest BCUT2D eigenvalue weighted by molar-refractivity contribution is 7.13. The van der Waals surface area contributed by atoms with Crippen LogP contribution in [0.25, 0.3) is 21.9 Å². The molecule has 0 aliphatic heterocycles. The Balaban J connectivity index is 1.60. The number of aryl methyl sites for hydroxylation is 1. The summed E-state index contributed by atoms with van der Waals surface area (Å²) in [6, 6.07) is 14.5. The van der Waals surface area contributed by atoms with Crippen LogP contribution < -0.4 is 5.32 Å². The third-order valence-corrected chi connectivity index (χ3v) is 5.31. The lowest BCUT2D eigenvalue weighted by Gasteiger charge is -2.09.